The minimum absolute atomic E-state index is 0.172. The Morgan fingerprint density at radius 1 is 1.20 bits per heavy atom. The summed E-state index contributed by atoms with van der Waals surface area (Å²) in [6, 6.07) is 5.33. The third-order valence-corrected chi connectivity index (χ3v) is 2.77. The van der Waals surface area contributed by atoms with Gasteiger partial charge in [0.25, 0.3) is 0 Å². The molecule has 0 heterocycles. The van der Waals surface area contributed by atoms with E-state index in [4.69, 9.17) is 25.8 Å². The van der Waals surface area contributed by atoms with E-state index in [1.165, 1.54) is 0 Å². The molecular formula is C14H20ClNO4. The number of rotatable bonds is 8. The number of hydrogen-bond donors (Lipinski definition) is 1. The lowest BCUT2D eigenvalue weighted by atomic mass is 10.3. The van der Waals surface area contributed by atoms with Gasteiger partial charge in [-0.1, -0.05) is 0 Å². The number of hydrogen-bond acceptors (Lipinski definition) is 4. The Hall–Kier alpha value is -1.62. The van der Waals surface area contributed by atoms with E-state index in [1.54, 1.807) is 39.3 Å². The van der Waals surface area contributed by atoms with Crippen LogP contribution in [0, 0.1) is 0 Å². The number of methoxy groups -OCH3 is 2. The summed E-state index contributed by atoms with van der Waals surface area (Å²) < 4.78 is 15.9. The van der Waals surface area contributed by atoms with E-state index in [2.05, 4.69) is 5.32 Å². The van der Waals surface area contributed by atoms with E-state index in [0.29, 0.717) is 36.8 Å². The average molecular weight is 302 g/mol. The molecule has 0 bridgehead atoms. The third kappa shape index (κ3) is 5.57. The molecule has 0 saturated heterocycles. The van der Waals surface area contributed by atoms with E-state index in [9.17, 15) is 4.79 Å². The molecule has 0 radical (unpaired) electrons. The number of ether oxygens (including phenoxy) is 3. The fourth-order valence-corrected chi connectivity index (χ4v) is 1.56. The van der Waals surface area contributed by atoms with Crippen molar-refractivity contribution in [2.24, 2.45) is 0 Å². The van der Waals surface area contributed by atoms with Crippen LogP contribution in [-0.2, 0) is 4.79 Å². The summed E-state index contributed by atoms with van der Waals surface area (Å²) in [5.41, 5.74) is 0. The molecule has 0 aliphatic heterocycles. The molecule has 0 aliphatic carbocycles. The van der Waals surface area contributed by atoms with Crippen molar-refractivity contribution in [2.45, 2.75) is 18.7 Å². The SMILES string of the molecule is COc1cc(OC)cc(OCCCNC(=O)C(C)Cl)c1. The standard InChI is InChI=1S/C14H20ClNO4/c1-10(15)14(17)16-5-4-6-20-13-8-11(18-2)7-12(9-13)19-3/h7-10H,4-6H2,1-3H3,(H,16,17). The Kier molecular flexibility index (Phi) is 7.01. The van der Waals surface area contributed by atoms with Gasteiger partial charge in [-0.15, -0.1) is 11.6 Å². The van der Waals surface area contributed by atoms with E-state index in [1.807, 2.05) is 0 Å². The molecule has 5 nitrogen and oxygen atoms in total. The van der Waals surface area contributed by atoms with E-state index in [0.717, 1.165) is 0 Å². The summed E-state index contributed by atoms with van der Waals surface area (Å²) in [6.07, 6.45) is 0.689. The first-order valence-electron chi connectivity index (χ1n) is 6.34. The monoisotopic (exact) mass is 301 g/mol. The molecule has 6 heteroatoms. The van der Waals surface area contributed by atoms with Gasteiger partial charge in [0.05, 0.1) is 20.8 Å². The number of nitrogens with one attached hydrogen (secondary N) is 1. The maximum Gasteiger partial charge on any atom is 0.237 e. The maximum atomic E-state index is 11.2. The Morgan fingerprint density at radius 3 is 2.25 bits per heavy atom. The second-order valence-electron chi connectivity index (χ2n) is 4.16. The molecule has 1 rings (SSSR count). The molecule has 1 unspecified atom stereocenters. The fraction of sp³-hybridized carbons (Fsp3) is 0.500. The lowest BCUT2D eigenvalue weighted by Gasteiger charge is -2.11. The van der Waals surface area contributed by atoms with Gasteiger partial charge in [-0.3, -0.25) is 4.79 Å². The van der Waals surface area contributed by atoms with Gasteiger partial charge in [-0.2, -0.15) is 0 Å². The lowest BCUT2D eigenvalue weighted by molar-refractivity contribution is -0.120. The predicted octanol–water partition coefficient (Wildman–Crippen LogP) is 2.22. The van der Waals surface area contributed by atoms with Crippen LogP contribution < -0.4 is 19.5 Å². The lowest BCUT2D eigenvalue weighted by Crippen LogP contribution is -2.31. The van der Waals surface area contributed by atoms with Gasteiger partial charge in [0.1, 0.15) is 22.6 Å². The zero-order valence-corrected chi connectivity index (χ0v) is 12.7. The molecule has 0 fully saturated rings. The van der Waals surface area contributed by atoms with Crippen LogP contribution in [0.5, 0.6) is 17.2 Å². The normalized spacial score (nSPS) is 11.6. The van der Waals surface area contributed by atoms with Crippen molar-refractivity contribution < 1.29 is 19.0 Å². The number of benzene rings is 1. The first-order chi connectivity index (χ1) is 9.56. The highest BCUT2D eigenvalue weighted by molar-refractivity contribution is 6.30. The Labute approximate surface area is 124 Å². The second-order valence-corrected chi connectivity index (χ2v) is 4.81. The van der Waals surface area contributed by atoms with Gasteiger partial charge >= 0.3 is 0 Å². The molecule has 1 N–H and O–H groups in total. The van der Waals surface area contributed by atoms with Crippen molar-refractivity contribution in [3.63, 3.8) is 0 Å². The van der Waals surface area contributed by atoms with Gasteiger partial charge in [-0.25, -0.2) is 0 Å². The predicted molar refractivity (Wildman–Crippen MR) is 78.0 cm³/mol. The molecule has 1 aromatic rings. The average Bonchev–Trinajstić information content (AvgIpc) is 2.46. The molecule has 1 atom stereocenters. The minimum Gasteiger partial charge on any atom is -0.496 e. The number of carbonyl (C=O) groups is 1. The topological polar surface area (TPSA) is 56.8 Å². The summed E-state index contributed by atoms with van der Waals surface area (Å²) in [5.74, 6) is 1.83. The van der Waals surface area contributed by atoms with Gasteiger partial charge < -0.3 is 19.5 Å². The highest BCUT2D eigenvalue weighted by atomic mass is 35.5. The molecule has 0 aromatic heterocycles. The van der Waals surface area contributed by atoms with Crippen molar-refractivity contribution in [3.05, 3.63) is 18.2 Å². The zero-order chi connectivity index (χ0) is 15.0. The van der Waals surface area contributed by atoms with Gasteiger partial charge in [-0.05, 0) is 13.3 Å². The van der Waals surface area contributed by atoms with Crippen LogP contribution in [0.1, 0.15) is 13.3 Å². The van der Waals surface area contributed by atoms with Crippen LogP contribution in [0.15, 0.2) is 18.2 Å². The molecule has 1 amide bonds. The minimum atomic E-state index is -0.515. The van der Waals surface area contributed by atoms with Crippen LogP contribution in [-0.4, -0.2) is 38.7 Å². The van der Waals surface area contributed by atoms with Gasteiger partial charge in [0.2, 0.25) is 5.91 Å². The molecule has 112 valence electrons. The van der Waals surface area contributed by atoms with Crippen molar-refractivity contribution >= 4 is 17.5 Å². The second kappa shape index (κ2) is 8.53. The highest BCUT2D eigenvalue weighted by Crippen LogP contribution is 2.27. The van der Waals surface area contributed by atoms with E-state index >= 15 is 0 Å². The van der Waals surface area contributed by atoms with Crippen LogP contribution in [0.2, 0.25) is 0 Å². The van der Waals surface area contributed by atoms with E-state index < -0.39 is 5.38 Å². The van der Waals surface area contributed by atoms with E-state index in [-0.39, 0.29) is 5.91 Å². The first kappa shape index (κ1) is 16.4. The first-order valence-corrected chi connectivity index (χ1v) is 6.78. The quantitative estimate of drug-likeness (QED) is 0.591. The summed E-state index contributed by atoms with van der Waals surface area (Å²) >= 11 is 5.63. The van der Waals surface area contributed by atoms with Crippen LogP contribution >= 0.6 is 11.6 Å². The Balaban J connectivity index is 2.36. The molecule has 1 aromatic carbocycles. The summed E-state index contributed by atoms with van der Waals surface area (Å²) in [4.78, 5) is 11.2. The Morgan fingerprint density at radius 2 is 1.75 bits per heavy atom. The van der Waals surface area contributed by atoms with Crippen molar-refractivity contribution in [1.29, 1.82) is 0 Å². The highest BCUT2D eigenvalue weighted by Gasteiger charge is 2.07. The molecule has 0 saturated carbocycles. The van der Waals surface area contributed by atoms with Crippen LogP contribution in [0.3, 0.4) is 0 Å². The third-order valence-electron chi connectivity index (χ3n) is 2.58. The number of amides is 1. The van der Waals surface area contributed by atoms with Crippen molar-refractivity contribution in [2.75, 3.05) is 27.4 Å². The number of halogens is 1. The Bertz CT molecular complexity index is 415. The largest absolute Gasteiger partial charge is 0.496 e. The van der Waals surface area contributed by atoms with Gasteiger partial charge in [0, 0.05) is 24.7 Å². The fourth-order valence-electron chi connectivity index (χ4n) is 1.48. The maximum absolute atomic E-state index is 11.2. The summed E-state index contributed by atoms with van der Waals surface area (Å²) in [6.45, 7) is 2.64. The zero-order valence-electron chi connectivity index (χ0n) is 11.9. The molecular weight excluding hydrogens is 282 g/mol. The van der Waals surface area contributed by atoms with Crippen molar-refractivity contribution in [1.82, 2.24) is 5.32 Å². The van der Waals surface area contributed by atoms with Crippen LogP contribution in [0.25, 0.3) is 0 Å². The molecule has 0 spiro atoms. The summed E-state index contributed by atoms with van der Waals surface area (Å²) in [5, 5.41) is 2.20. The van der Waals surface area contributed by atoms with Crippen molar-refractivity contribution in [3.8, 4) is 17.2 Å². The van der Waals surface area contributed by atoms with Gasteiger partial charge in [0.15, 0.2) is 0 Å². The van der Waals surface area contributed by atoms with Crippen LogP contribution in [0.4, 0.5) is 0 Å². The molecule has 20 heavy (non-hydrogen) atoms. The number of alkyl halides is 1. The molecule has 0 aliphatic rings. The summed E-state index contributed by atoms with van der Waals surface area (Å²) in [7, 11) is 3.17. The number of carbonyl (C=O) groups excluding carboxylic acids is 1. The smallest absolute Gasteiger partial charge is 0.237 e.